The summed E-state index contributed by atoms with van der Waals surface area (Å²) < 4.78 is 13.8. The molecular formula is C16H16FN3OS. The van der Waals surface area contributed by atoms with Gasteiger partial charge in [-0.25, -0.2) is 9.18 Å². The second-order valence-electron chi connectivity index (χ2n) is 5.00. The van der Waals surface area contributed by atoms with Crippen LogP contribution in [0.1, 0.15) is 23.7 Å². The van der Waals surface area contributed by atoms with E-state index < -0.39 is 0 Å². The van der Waals surface area contributed by atoms with Gasteiger partial charge in [0.25, 0.3) is 0 Å². The quantitative estimate of drug-likeness (QED) is 0.913. The van der Waals surface area contributed by atoms with Crippen molar-refractivity contribution in [3.63, 3.8) is 0 Å². The van der Waals surface area contributed by atoms with Crippen molar-refractivity contribution in [1.82, 2.24) is 15.6 Å². The highest BCUT2D eigenvalue weighted by Crippen LogP contribution is 2.37. The minimum absolute atomic E-state index is 0.157. The van der Waals surface area contributed by atoms with E-state index in [0.717, 1.165) is 23.4 Å². The van der Waals surface area contributed by atoms with Crippen molar-refractivity contribution >= 4 is 17.8 Å². The summed E-state index contributed by atoms with van der Waals surface area (Å²) in [4.78, 5) is 16.8. The zero-order chi connectivity index (χ0) is 15.4. The van der Waals surface area contributed by atoms with E-state index >= 15 is 0 Å². The van der Waals surface area contributed by atoms with E-state index in [-0.39, 0.29) is 17.9 Å². The van der Waals surface area contributed by atoms with E-state index in [9.17, 15) is 9.18 Å². The third kappa shape index (κ3) is 3.39. The SMILES string of the molecule is O=C(NCc1ccccn1)NC1CCSc2c(F)cccc21. The zero-order valence-corrected chi connectivity index (χ0v) is 12.7. The molecule has 0 saturated carbocycles. The highest BCUT2D eigenvalue weighted by Gasteiger charge is 2.24. The molecular weight excluding hydrogens is 301 g/mol. The second-order valence-corrected chi connectivity index (χ2v) is 6.10. The number of urea groups is 1. The van der Waals surface area contributed by atoms with Crippen LogP contribution in [0.25, 0.3) is 0 Å². The minimum Gasteiger partial charge on any atom is -0.332 e. The number of halogens is 1. The average Bonchev–Trinajstić information content (AvgIpc) is 2.55. The van der Waals surface area contributed by atoms with Gasteiger partial charge in [0.2, 0.25) is 0 Å². The standard InChI is InChI=1S/C16H16FN3OS/c17-13-6-3-5-12-14(7-9-22-15(12)13)20-16(21)19-10-11-4-1-2-8-18-11/h1-6,8,14H,7,9-10H2,(H2,19,20,21). The topological polar surface area (TPSA) is 54.0 Å². The molecule has 1 aromatic heterocycles. The number of nitrogens with zero attached hydrogens (tertiary/aromatic N) is 1. The van der Waals surface area contributed by atoms with Gasteiger partial charge in [-0.3, -0.25) is 4.98 Å². The predicted octanol–water partition coefficient (Wildman–Crippen LogP) is 3.26. The number of benzene rings is 1. The fourth-order valence-corrected chi connectivity index (χ4v) is 3.56. The van der Waals surface area contributed by atoms with Gasteiger partial charge in [0.1, 0.15) is 5.82 Å². The van der Waals surface area contributed by atoms with Crippen LogP contribution in [-0.4, -0.2) is 16.8 Å². The maximum Gasteiger partial charge on any atom is 0.315 e. The summed E-state index contributed by atoms with van der Waals surface area (Å²) >= 11 is 1.50. The maximum absolute atomic E-state index is 13.8. The summed E-state index contributed by atoms with van der Waals surface area (Å²) in [6.45, 7) is 0.365. The van der Waals surface area contributed by atoms with Crippen molar-refractivity contribution in [2.24, 2.45) is 0 Å². The molecule has 0 radical (unpaired) electrons. The van der Waals surface area contributed by atoms with Crippen LogP contribution in [0.2, 0.25) is 0 Å². The smallest absolute Gasteiger partial charge is 0.315 e. The highest BCUT2D eigenvalue weighted by molar-refractivity contribution is 7.99. The predicted molar refractivity (Wildman–Crippen MR) is 84.1 cm³/mol. The van der Waals surface area contributed by atoms with Crippen LogP contribution in [-0.2, 0) is 6.54 Å². The Bertz CT molecular complexity index is 666. The molecule has 22 heavy (non-hydrogen) atoms. The Balaban J connectivity index is 1.62. The van der Waals surface area contributed by atoms with Crippen molar-refractivity contribution in [2.75, 3.05) is 5.75 Å². The lowest BCUT2D eigenvalue weighted by molar-refractivity contribution is 0.236. The van der Waals surface area contributed by atoms with Gasteiger partial charge in [0.05, 0.1) is 18.3 Å². The number of nitrogens with one attached hydrogen (secondary N) is 2. The molecule has 6 heteroatoms. The first-order valence-electron chi connectivity index (χ1n) is 7.09. The third-order valence-electron chi connectivity index (χ3n) is 3.49. The second kappa shape index (κ2) is 6.79. The first-order valence-corrected chi connectivity index (χ1v) is 8.08. The van der Waals surface area contributed by atoms with Crippen molar-refractivity contribution in [2.45, 2.75) is 23.9 Å². The lowest BCUT2D eigenvalue weighted by Crippen LogP contribution is -2.38. The van der Waals surface area contributed by atoms with Gasteiger partial charge < -0.3 is 10.6 Å². The Labute approximate surface area is 132 Å². The molecule has 1 aromatic carbocycles. The molecule has 1 atom stereocenters. The third-order valence-corrected chi connectivity index (χ3v) is 4.65. The van der Waals surface area contributed by atoms with E-state index in [4.69, 9.17) is 0 Å². The van der Waals surface area contributed by atoms with E-state index in [0.29, 0.717) is 11.4 Å². The largest absolute Gasteiger partial charge is 0.332 e. The lowest BCUT2D eigenvalue weighted by atomic mass is 10.0. The lowest BCUT2D eigenvalue weighted by Gasteiger charge is -2.26. The van der Waals surface area contributed by atoms with Crippen LogP contribution < -0.4 is 10.6 Å². The first-order chi connectivity index (χ1) is 10.7. The number of rotatable bonds is 3. The minimum atomic E-state index is -0.266. The van der Waals surface area contributed by atoms with Crippen molar-refractivity contribution in [3.05, 3.63) is 59.7 Å². The number of hydrogen-bond donors (Lipinski definition) is 2. The molecule has 0 fully saturated rings. The van der Waals surface area contributed by atoms with Crippen molar-refractivity contribution < 1.29 is 9.18 Å². The summed E-state index contributed by atoms with van der Waals surface area (Å²) in [6, 6.07) is 10.1. The molecule has 2 amide bonds. The summed E-state index contributed by atoms with van der Waals surface area (Å²) in [5, 5.41) is 5.69. The summed E-state index contributed by atoms with van der Waals surface area (Å²) in [6.07, 6.45) is 2.48. The number of aromatic nitrogens is 1. The van der Waals surface area contributed by atoms with E-state index in [1.165, 1.54) is 17.8 Å². The first kappa shape index (κ1) is 14.8. The van der Waals surface area contributed by atoms with Gasteiger partial charge in [-0.15, -0.1) is 11.8 Å². The van der Waals surface area contributed by atoms with Gasteiger partial charge >= 0.3 is 6.03 Å². The van der Waals surface area contributed by atoms with Crippen LogP contribution in [0.15, 0.2) is 47.5 Å². The molecule has 0 spiro atoms. The molecule has 1 aliphatic heterocycles. The van der Waals surface area contributed by atoms with Crippen LogP contribution >= 0.6 is 11.8 Å². The Hall–Kier alpha value is -2.08. The molecule has 2 N–H and O–H groups in total. The number of amides is 2. The summed E-state index contributed by atoms with van der Waals surface area (Å²) in [7, 11) is 0. The molecule has 0 bridgehead atoms. The molecule has 2 heterocycles. The number of carbonyl (C=O) groups is 1. The summed E-state index contributed by atoms with van der Waals surface area (Å²) in [5.74, 6) is 0.571. The Kier molecular flexibility index (Phi) is 4.58. The fraction of sp³-hybridized carbons (Fsp3) is 0.250. The molecule has 114 valence electrons. The van der Waals surface area contributed by atoms with Gasteiger partial charge in [-0.2, -0.15) is 0 Å². The molecule has 1 aliphatic rings. The van der Waals surface area contributed by atoms with Gasteiger partial charge in [-0.05, 0) is 30.2 Å². The maximum atomic E-state index is 13.8. The molecule has 0 saturated heterocycles. The molecule has 3 rings (SSSR count). The van der Waals surface area contributed by atoms with Crippen LogP contribution in [0, 0.1) is 5.82 Å². The zero-order valence-electron chi connectivity index (χ0n) is 11.9. The Morgan fingerprint density at radius 2 is 2.23 bits per heavy atom. The van der Waals surface area contributed by atoms with Crippen molar-refractivity contribution in [3.8, 4) is 0 Å². The van der Waals surface area contributed by atoms with E-state index in [1.54, 1.807) is 12.3 Å². The number of pyridine rings is 1. The molecule has 4 nitrogen and oxygen atoms in total. The Morgan fingerprint density at radius 3 is 3.05 bits per heavy atom. The van der Waals surface area contributed by atoms with E-state index in [1.807, 2.05) is 24.3 Å². The number of fused-ring (bicyclic) bond motifs is 1. The van der Waals surface area contributed by atoms with Gasteiger partial charge in [0, 0.05) is 16.8 Å². The van der Waals surface area contributed by atoms with Crippen LogP contribution in [0.5, 0.6) is 0 Å². The number of thioether (sulfide) groups is 1. The average molecular weight is 317 g/mol. The van der Waals surface area contributed by atoms with E-state index in [2.05, 4.69) is 15.6 Å². The monoisotopic (exact) mass is 317 g/mol. The highest BCUT2D eigenvalue weighted by atomic mass is 32.2. The van der Waals surface area contributed by atoms with Gasteiger partial charge in [0.15, 0.2) is 0 Å². The van der Waals surface area contributed by atoms with Gasteiger partial charge in [-0.1, -0.05) is 18.2 Å². The fourth-order valence-electron chi connectivity index (χ4n) is 2.42. The molecule has 1 unspecified atom stereocenters. The van der Waals surface area contributed by atoms with Crippen molar-refractivity contribution in [1.29, 1.82) is 0 Å². The Morgan fingerprint density at radius 1 is 1.32 bits per heavy atom. The van der Waals surface area contributed by atoms with Crippen LogP contribution in [0.3, 0.4) is 0 Å². The molecule has 0 aliphatic carbocycles. The normalized spacial score (nSPS) is 16.7. The number of hydrogen-bond acceptors (Lipinski definition) is 3. The number of carbonyl (C=O) groups excluding carboxylic acids is 1. The molecule has 2 aromatic rings. The van der Waals surface area contributed by atoms with Crippen LogP contribution in [0.4, 0.5) is 9.18 Å². The summed E-state index contributed by atoms with van der Waals surface area (Å²) in [5.41, 5.74) is 1.65.